The van der Waals surface area contributed by atoms with E-state index in [0.717, 1.165) is 35.5 Å². The Kier molecular flexibility index (Phi) is 12.4. The number of halogens is 1. The predicted molar refractivity (Wildman–Crippen MR) is 132 cm³/mol. The molecule has 0 aromatic heterocycles. The third-order valence-electron chi connectivity index (χ3n) is 5.33. The molecule has 1 aromatic carbocycles. The van der Waals surface area contributed by atoms with Crippen LogP contribution in [0.3, 0.4) is 0 Å². The summed E-state index contributed by atoms with van der Waals surface area (Å²) in [6.45, 7) is 10.7. The van der Waals surface area contributed by atoms with Crippen molar-refractivity contribution in [1.29, 1.82) is 0 Å². The number of hydrogen-bond donors (Lipinski definition) is 2. The summed E-state index contributed by atoms with van der Waals surface area (Å²) in [5, 5.41) is 6.95. The molecule has 1 aromatic rings. The van der Waals surface area contributed by atoms with Gasteiger partial charge in [-0.3, -0.25) is 4.99 Å². The van der Waals surface area contributed by atoms with Gasteiger partial charge in [0.05, 0.1) is 19.3 Å². The van der Waals surface area contributed by atoms with Crippen LogP contribution in [0.25, 0.3) is 0 Å². The summed E-state index contributed by atoms with van der Waals surface area (Å²) < 4.78 is 11.4. The third kappa shape index (κ3) is 8.58. The van der Waals surface area contributed by atoms with E-state index >= 15 is 0 Å². The van der Waals surface area contributed by atoms with Gasteiger partial charge in [-0.1, -0.05) is 6.07 Å². The van der Waals surface area contributed by atoms with Crippen molar-refractivity contribution in [2.75, 3.05) is 46.9 Å². The van der Waals surface area contributed by atoms with Crippen molar-refractivity contribution >= 4 is 29.9 Å². The number of piperidine rings is 1. The van der Waals surface area contributed by atoms with Crippen molar-refractivity contribution in [1.82, 2.24) is 15.5 Å². The van der Waals surface area contributed by atoms with Gasteiger partial charge in [0.1, 0.15) is 0 Å². The molecule has 1 unspecified atom stereocenters. The van der Waals surface area contributed by atoms with Crippen molar-refractivity contribution in [3.05, 3.63) is 23.8 Å². The molecule has 1 aliphatic heterocycles. The normalized spacial score (nSPS) is 16.7. The highest BCUT2D eigenvalue weighted by Gasteiger charge is 2.17. The molecule has 1 saturated heterocycles. The quantitative estimate of drug-likeness (QED) is 0.294. The third-order valence-corrected chi connectivity index (χ3v) is 5.33. The number of ether oxygens (including phenoxy) is 2. The minimum atomic E-state index is 0. The van der Waals surface area contributed by atoms with Gasteiger partial charge in [-0.05, 0) is 83.8 Å². The molecule has 166 valence electrons. The second-order valence-corrected chi connectivity index (χ2v) is 7.47. The molecule has 1 heterocycles. The first kappa shape index (κ1) is 25.8. The molecule has 1 atom stereocenters. The van der Waals surface area contributed by atoms with E-state index in [0.29, 0.717) is 13.2 Å². The number of nitrogens with zero attached hydrogens (tertiary/aromatic N) is 2. The summed E-state index contributed by atoms with van der Waals surface area (Å²) in [7, 11) is 4.03. The van der Waals surface area contributed by atoms with Crippen molar-refractivity contribution in [2.24, 2.45) is 10.9 Å². The Labute approximate surface area is 193 Å². The van der Waals surface area contributed by atoms with E-state index in [1.54, 1.807) is 0 Å². The van der Waals surface area contributed by atoms with Crippen molar-refractivity contribution in [2.45, 2.75) is 46.1 Å². The van der Waals surface area contributed by atoms with E-state index in [9.17, 15) is 0 Å². The first-order valence-corrected chi connectivity index (χ1v) is 10.6. The van der Waals surface area contributed by atoms with Gasteiger partial charge in [-0.2, -0.15) is 0 Å². The molecule has 0 aliphatic carbocycles. The fourth-order valence-corrected chi connectivity index (χ4v) is 3.57. The van der Waals surface area contributed by atoms with Gasteiger partial charge in [0.25, 0.3) is 0 Å². The van der Waals surface area contributed by atoms with Crippen LogP contribution in [-0.2, 0) is 0 Å². The fourth-order valence-electron chi connectivity index (χ4n) is 3.57. The maximum absolute atomic E-state index is 5.75. The molecule has 6 nitrogen and oxygen atoms in total. The van der Waals surface area contributed by atoms with E-state index in [-0.39, 0.29) is 30.0 Å². The van der Waals surface area contributed by atoms with E-state index in [2.05, 4.69) is 46.6 Å². The van der Waals surface area contributed by atoms with Crippen molar-refractivity contribution in [3.8, 4) is 11.5 Å². The second-order valence-electron chi connectivity index (χ2n) is 7.47. The lowest BCUT2D eigenvalue weighted by molar-refractivity contribution is 0.213. The molecule has 0 spiro atoms. The van der Waals surface area contributed by atoms with Crippen molar-refractivity contribution < 1.29 is 9.47 Å². The highest BCUT2D eigenvalue weighted by molar-refractivity contribution is 14.0. The molecule has 1 aliphatic rings. The Morgan fingerprint density at radius 1 is 1.17 bits per heavy atom. The Morgan fingerprint density at radius 3 is 2.45 bits per heavy atom. The van der Waals surface area contributed by atoms with Crippen LogP contribution < -0.4 is 20.1 Å². The van der Waals surface area contributed by atoms with Crippen LogP contribution in [0.1, 0.15) is 51.6 Å². The molecule has 0 bridgehead atoms. The summed E-state index contributed by atoms with van der Waals surface area (Å²) in [5.74, 6) is 3.24. The highest BCUT2D eigenvalue weighted by Crippen LogP contribution is 2.30. The first-order valence-electron chi connectivity index (χ1n) is 10.6. The lowest BCUT2D eigenvalue weighted by Crippen LogP contribution is -2.40. The number of likely N-dealkylation sites (tertiary alicyclic amines) is 1. The van der Waals surface area contributed by atoms with Crippen LogP contribution in [0.15, 0.2) is 23.2 Å². The lowest BCUT2D eigenvalue weighted by atomic mass is 9.94. The van der Waals surface area contributed by atoms with Gasteiger partial charge < -0.3 is 25.0 Å². The molecular formula is C22H39IN4O2. The highest BCUT2D eigenvalue weighted by atomic mass is 127. The smallest absolute Gasteiger partial charge is 0.191 e. The minimum absolute atomic E-state index is 0. The van der Waals surface area contributed by atoms with Crippen molar-refractivity contribution in [3.63, 3.8) is 0 Å². The zero-order chi connectivity index (χ0) is 20.4. The standard InChI is InChI=1S/C22H38N4O2.HI/c1-6-27-20-9-8-19(16-21(20)28-7-2)17(3)25-22(23-4)24-13-10-18-11-14-26(5)15-12-18;/h8-9,16-18H,6-7,10-15H2,1-5H3,(H2,23,24,25);1H. The largest absolute Gasteiger partial charge is 0.490 e. The van der Waals surface area contributed by atoms with E-state index in [1.165, 1.54) is 32.4 Å². The maximum Gasteiger partial charge on any atom is 0.191 e. The summed E-state index contributed by atoms with van der Waals surface area (Å²) in [6.07, 6.45) is 3.79. The summed E-state index contributed by atoms with van der Waals surface area (Å²) >= 11 is 0. The predicted octanol–water partition coefficient (Wildman–Crippen LogP) is 4.06. The maximum atomic E-state index is 5.75. The number of aliphatic imine (C=N–C) groups is 1. The van der Waals surface area contributed by atoms with Crippen LogP contribution in [0, 0.1) is 5.92 Å². The van der Waals surface area contributed by atoms with Crippen LogP contribution in [0.4, 0.5) is 0 Å². The molecule has 0 amide bonds. The molecule has 1 fully saturated rings. The first-order chi connectivity index (χ1) is 13.6. The van der Waals surface area contributed by atoms with E-state index in [4.69, 9.17) is 9.47 Å². The van der Waals surface area contributed by atoms with E-state index in [1.807, 2.05) is 27.0 Å². The van der Waals surface area contributed by atoms with Gasteiger partial charge in [0.15, 0.2) is 17.5 Å². The summed E-state index contributed by atoms with van der Waals surface area (Å²) in [6, 6.07) is 6.23. The Morgan fingerprint density at radius 2 is 1.83 bits per heavy atom. The molecule has 2 N–H and O–H groups in total. The average Bonchev–Trinajstić information content (AvgIpc) is 2.70. The number of guanidine groups is 1. The van der Waals surface area contributed by atoms with Crippen LogP contribution >= 0.6 is 24.0 Å². The van der Waals surface area contributed by atoms with Gasteiger partial charge in [-0.25, -0.2) is 0 Å². The monoisotopic (exact) mass is 518 g/mol. The lowest BCUT2D eigenvalue weighted by Gasteiger charge is -2.29. The average molecular weight is 518 g/mol. The number of hydrogen-bond acceptors (Lipinski definition) is 4. The number of rotatable bonds is 9. The topological polar surface area (TPSA) is 58.1 Å². The second kappa shape index (κ2) is 13.9. The molecule has 29 heavy (non-hydrogen) atoms. The molecule has 2 rings (SSSR count). The fraction of sp³-hybridized carbons (Fsp3) is 0.682. The van der Waals surface area contributed by atoms with Crippen LogP contribution in [0.5, 0.6) is 11.5 Å². The Hall–Kier alpha value is -1.22. The number of benzene rings is 1. The Balaban J connectivity index is 0.00000420. The van der Waals surface area contributed by atoms with E-state index < -0.39 is 0 Å². The van der Waals surface area contributed by atoms with Crippen LogP contribution in [0.2, 0.25) is 0 Å². The Bertz CT molecular complexity index is 619. The zero-order valence-corrected chi connectivity index (χ0v) is 21.0. The molecule has 0 radical (unpaired) electrons. The molecule has 7 heteroatoms. The number of nitrogens with one attached hydrogen (secondary N) is 2. The van der Waals surface area contributed by atoms with Gasteiger partial charge in [-0.15, -0.1) is 24.0 Å². The SMILES string of the molecule is CCOc1ccc(C(C)NC(=NC)NCCC2CCN(C)CC2)cc1OCC.I. The minimum Gasteiger partial charge on any atom is -0.490 e. The van der Waals surface area contributed by atoms with Crippen LogP contribution in [-0.4, -0.2) is 57.8 Å². The summed E-state index contributed by atoms with van der Waals surface area (Å²) in [4.78, 5) is 6.80. The van der Waals surface area contributed by atoms with Gasteiger partial charge in [0, 0.05) is 13.6 Å². The molecular weight excluding hydrogens is 479 g/mol. The van der Waals surface area contributed by atoms with Gasteiger partial charge >= 0.3 is 0 Å². The zero-order valence-electron chi connectivity index (χ0n) is 18.7. The van der Waals surface area contributed by atoms with Gasteiger partial charge in [0.2, 0.25) is 0 Å². The molecule has 0 saturated carbocycles. The summed E-state index contributed by atoms with van der Waals surface area (Å²) in [5.41, 5.74) is 1.14.